The normalized spacial score (nSPS) is 14.8. The number of carbonyl (C=O) groups is 1. The van der Waals surface area contributed by atoms with Crippen molar-refractivity contribution in [3.05, 3.63) is 66.0 Å². The number of halogens is 1. The van der Waals surface area contributed by atoms with Crippen molar-refractivity contribution >= 4 is 17.2 Å². The summed E-state index contributed by atoms with van der Waals surface area (Å²) in [6, 6.07) is 13.4. The van der Waals surface area contributed by atoms with Gasteiger partial charge >= 0.3 is 0 Å². The Morgan fingerprint density at radius 2 is 1.92 bits per heavy atom. The van der Waals surface area contributed by atoms with Crippen LogP contribution in [0.5, 0.6) is 5.75 Å². The molecule has 0 bridgehead atoms. The first-order valence-corrected chi connectivity index (χ1v) is 8.37. The van der Waals surface area contributed by atoms with Crippen molar-refractivity contribution in [3.8, 4) is 5.75 Å². The molecule has 0 aliphatic carbocycles. The van der Waals surface area contributed by atoms with Crippen LogP contribution < -0.4 is 5.32 Å². The Morgan fingerprint density at radius 3 is 2.60 bits per heavy atom. The number of para-hydroxylation sites is 1. The standard InChI is InChI=1S/C20H21FN2O2/c21-18-3-1-2-4-19(18)22-20(25)11-14-23-12-9-16(10-13-23)15-5-7-17(24)8-6-15/h1-9,24H,10-14H2,(H,22,25). The highest BCUT2D eigenvalue weighted by Crippen LogP contribution is 2.24. The second-order valence-electron chi connectivity index (χ2n) is 6.10. The molecule has 4 nitrogen and oxygen atoms in total. The molecule has 1 heterocycles. The molecule has 1 amide bonds. The minimum absolute atomic E-state index is 0.182. The number of benzene rings is 2. The van der Waals surface area contributed by atoms with Crippen LogP contribution in [0.25, 0.3) is 5.57 Å². The number of nitrogens with zero attached hydrogens (tertiary/aromatic N) is 1. The molecule has 25 heavy (non-hydrogen) atoms. The smallest absolute Gasteiger partial charge is 0.225 e. The van der Waals surface area contributed by atoms with Gasteiger partial charge in [0.1, 0.15) is 11.6 Å². The van der Waals surface area contributed by atoms with Crippen molar-refractivity contribution in [1.29, 1.82) is 0 Å². The maximum absolute atomic E-state index is 13.5. The summed E-state index contributed by atoms with van der Waals surface area (Å²) in [5, 5.41) is 12.0. The van der Waals surface area contributed by atoms with Gasteiger partial charge in [0.05, 0.1) is 5.69 Å². The van der Waals surface area contributed by atoms with Crippen LogP contribution in [-0.2, 0) is 4.79 Å². The maximum atomic E-state index is 13.5. The highest BCUT2D eigenvalue weighted by Gasteiger charge is 2.14. The lowest BCUT2D eigenvalue weighted by Gasteiger charge is -2.26. The summed E-state index contributed by atoms with van der Waals surface area (Å²) in [4.78, 5) is 14.2. The number of phenols is 1. The predicted molar refractivity (Wildman–Crippen MR) is 96.8 cm³/mol. The molecule has 2 aromatic carbocycles. The Kier molecular flexibility index (Phi) is 5.46. The Hall–Kier alpha value is -2.66. The first-order chi connectivity index (χ1) is 12.1. The van der Waals surface area contributed by atoms with Gasteiger partial charge in [0, 0.05) is 26.1 Å². The molecule has 1 aliphatic rings. The molecule has 130 valence electrons. The summed E-state index contributed by atoms with van der Waals surface area (Å²) in [6.45, 7) is 2.29. The second-order valence-corrected chi connectivity index (χ2v) is 6.10. The largest absolute Gasteiger partial charge is 0.508 e. The number of rotatable bonds is 5. The second kappa shape index (κ2) is 7.94. The average molecular weight is 340 g/mol. The third kappa shape index (κ3) is 4.67. The third-order valence-corrected chi connectivity index (χ3v) is 4.33. The van der Waals surface area contributed by atoms with Crippen molar-refractivity contribution in [2.24, 2.45) is 0 Å². The van der Waals surface area contributed by atoms with E-state index < -0.39 is 5.82 Å². The topological polar surface area (TPSA) is 52.6 Å². The van der Waals surface area contributed by atoms with E-state index in [1.807, 2.05) is 12.1 Å². The summed E-state index contributed by atoms with van der Waals surface area (Å²) in [7, 11) is 0. The zero-order valence-corrected chi connectivity index (χ0v) is 13.9. The van der Waals surface area contributed by atoms with Crippen LogP contribution in [0.4, 0.5) is 10.1 Å². The van der Waals surface area contributed by atoms with Gasteiger partial charge in [-0.3, -0.25) is 9.69 Å². The number of phenolic OH excluding ortho intramolecular Hbond substituents is 1. The summed E-state index contributed by atoms with van der Waals surface area (Å²) in [5.41, 5.74) is 2.60. The van der Waals surface area contributed by atoms with E-state index in [1.54, 1.807) is 30.3 Å². The molecule has 2 N–H and O–H groups in total. The summed E-state index contributed by atoms with van der Waals surface area (Å²) in [5.74, 6) is -0.337. The monoisotopic (exact) mass is 340 g/mol. The van der Waals surface area contributed by atoms with Crippen LogP contribution in [0, 0.1) is 5.82 Å². The van der Waals surface area contributed by atoms with Gasteiger partial charge in [-0.1, -0.05) is 30.3 Å². The zero-order valence-electron chi connectivity index (χ0n) is 13.9. The van der Waals surface area contributed by atoms with Crippen LogP contribution in [0.1, 0.15) is 18.4 Å². The van der Waals surface area contributed by atoms with Gasteiger partial charge in [-0.2, -0.15) is 0 Å². The maximum Gasteiger partial charge on any atom is 0.225 e. The van der Waals surface area contributed by atoms with E-state index in [2.05, 4.69) is 16.3 Å². The molecule has 0 fully saturated rings. The van der Waals surface area contributed by atoms with Crippen molar-refractivity contribution in [2.75, 3.05) is 25.0 Å². The molecular formula is C20H21FN2O2. The van der Waals surface area contributed by atoms with Gasteiger partial charge in [0.2, 0.25) is 5.91 Å². The Labute approximate surface area is 146 Å². The number of hydrogen-bond donors (Lipinski definition) is 2. The number of amides is 1. The number of carbonyl (C=O) groups excluding carboxylic acids is 1. The number of aromatic hydroxyl groups is 1. The summed E-state index contributed by atoms with van der Waals surface area (Å²) < 4.78 is 13.5. The molecule has 3 rings (SSSR count). The van der Waals surface area contributed by atoms with Gasteiger partial charge in [0.15, 0.2) is 0 Å². The van der Waals surface area contributed by atoms with E-state index in [0.717, 1.165) is 25.1 Å². The molecule has 0 spiro atoms. The number of hydrogen-bond acceptors (Lipinski definition) is 3. The molecule has 0 unspecified atom stereocenters. The van der Waals surface area contributed by atoms with E-state index in [4.69, 9.17) is 0 Å². The fourth-order valence-corrected chi connectivity index (χ4v) is 2.89. The van der Waals surface area contributed by atoms with E-state index >= 15 is 0 Å². The Balaban J connectivity index is 1.48. The van der Waals surface area contributed by atoms with Crippen molar-refractivity contribution in [3.63, 3.8) is 0 Å². The van der Waals surface area contributed by atoms with Crippen LogP contribution >= 0.6 is 0 Å². The number of nitrogens with one attached hydrogen (secondary N) is 1. The lowest BCUT2D eigenvalue weighted by molar-refractivity contribution is -0.116. The average Bonchev–Trinajstić information content (AvgIpc) is 2.63. The molecule has 1 aliphatic heterocycles. The fraction of sp³-hybridized carbons (Fsp3) is 0.250. The SMILES string of the molecule is O=C(CCN1CC=C(c2ccc(O)cc2)CC1)Nc1ccccc1F. The molecule has 5 heteroatoms. The minimum Gasteiger partial charge on any atom is -0.508 e. The highest BCUT2D eigenvalue weighted by atomic mass is 19.1. The minimum atomic E-state index is -0.421. The van der Waals surface area contributed by atoms with Gasteiger partial charge in [-0.05, 0) is 41.8 Å². The fourth-order valence-electron chi connectivity index (χ4n) is 2.89. The van der Waals surface area contributed by atoms with E-state index in [-0.39, 0.29) is 17.3 Å². The van der Waals surface area contributed by atoms with Crippen LogP contribution in [-0.4, -0.2) is 35.5 Å². The van der Waals surface area contributed by atoms with Crippen molar-refractivity contribution < 1.29 is 14.3 Å². The zero-order chi connectivity index (χ0) is 17.6. The number of anilines is 1. The molecule has 0 aromatic heterocycles. The Bertz CT molecular complexity index is 772. The molecule has 0 saturated carbocycles. The van der Waals surface area contributed by atoms with Gasteiger partial charge in [-0.15, -0.1) is 0 Å². The third-order valence-electron chi connectivity index (χ3n) is 4.33. The van der Waals surface area contributed by atoms with Crippen LogP contribution in [0.15, 0.2) is 54.6 Å². The molecular weight excluding hydrogens is 319 g/mol. The quantitative estimate of drug-likeness (QED) is 0.873. The van der Waals surface area contributed by atoms with Gasteiger partial charge in [0.25, 0.3) is 0 Å². The lowest BCUT2D eigenvalue weighted by Crippen LogP contribution is -2.31. The van der Waals surface area contributed by atoms with E-state index in [9.17, 15) is 14.3 Å². The first kappa shape index (κ1) is 17.2. The molecule has 0 saturated heterocycles. The summed E-state index contributed by atoms with van der Waals surface area (Å²) in [6.07, 6.45) is 3.39. The Morgan fingerprint density at radius 1 is 1.16 bits per heavy atom. The van der Waals surface area contributed by atoms with Crippen molar-refractivity contribution in [1.82, 2.24) is 4.90 Å². The van der Waals surface area contributed by atoms with Crippen LogP contribution in [0.2, 0.25) is 0 Å². The van der Waals surface area contributed by atoms with Gasteiger partial charge in [-0.25, -0.2) is 4.39 Å². The van der Waals surface area contributed by atoms with Crippen molar-refractivity contribution in [2.45, 2.75) is 12.8 Å². The summed E-state index contributed by atoms with van der Waals surface area (Å²) >= 11 is 0. The molecule has 0 radical (unpaired) electrons. The predicted octanol–water partition coefficient (Wildman–Crippen LogP) is 3.65. The van der Waals surface area contributed by atoms with Crippen LogP contribution in [0.3, 0.4) is 0 Å². The molecule has 2 aromatic rings. The van der Waals surface area contributed by atoms with Gasteiger partial charge < -0.3 is 10.4 Å². The molecule has 0 atom stereocenters. The van der Waals surface area contributed by atoms with E-state index in [1.165, 1.54) is 11.6 Å². The van der Waals surface area contributed by atoms with E-state index in [0.29, 0.717) is 13.0 Å². The highest BCUT2D eigenvalue weighted by molar-refractivity contribution is 5.90. The first-order valence-electron chi connectivity index (χ1n) is 8.37. The lowest BCUT2D eigenvalue weighted by atomic mass is 9.99.